The number of hydrogen-bond acceptors (Lipinski definition) is 4. The van der Waals surface area contributed by atoms with Gasteiger partial charge < -0.3 is 20.1 Å². The van der Waals surface area contributed by atoms with Crippen molar-refractivity contribution in [1.29, 1.82) is 0 Å². The molecule has 0 heterocycles. The van der Waals surface area contributed by atoms with E-state index in [4.69, 9.17) is 9.47 Å². The van der Waals surface area contributed by atoms with Gasteiger partial charge in [-0.15, -0.1) is 0 Å². The lowest BCUT2D eigenvalue weighted by Gasteiger charge is -2.17. The summed E-state index contributed by atoms with van der Waals surface area (Å²) in [6, 6.07) is 21.7. The minimum Gasteiger partial charge on any atom is -0.494 e. The topological polar surface area (TPSA) is 76.7 Å². The Bertz CT molecular complexity index is 1080. The lowest BCUT2D eigenvalue weighted by atomic mass is 10.0. The van der Waals surface area contributed by atoms with E-state index in [1.54, 1.807) is 55.5 Å². The van der Waals surface area contributed by atoms with Crippen LogP contribution in [-0.4, -0.2) is 24.5 Å². The van der Waals surface area contributed by atoms with Crippen LogP contribution in [-0.2, 0) is 4.79 Å². The Kier molecular flexibility index (Phi) is 8.08. The Morgan fingerprint density at radius 1 is 0.818 bits per heavy atom. The molecule has 172 valence electrons. The summed E-state index contributed by atoms with van der Waals surface area (Å²) in [4.78, 5) is 25.6. The van der Waals surface area contributed by atoms with Crippen molar-refractivity contribution in [2.45, 2.75) is 39.7 Å². The van der Waals surface area contributed by atoms with Gasteiger partial charge in [-0.05, 0) is 73.9 Å². The fourth-order valence-electron chi connectivity index (χ4n) is 3.21. The van der Waals surface area contributed by atoms with E-state index in [0.717, 1.165) is 5.75 Å². The zero-order valence-electron chi connectivity index (χ0n) is 19.4. The average molecular weight is 447 g/mol. The first kappa shape index (κ1) is 23.9. The van der Waals surface area contributed by atoms with Gasteiger partial charge in [0.2, 0.25) is 0 Å². The fourth-order valence-corrected chi connectivity index (χ4v) is 3.21. The Labute approximate surface area is 194 Å². The van der Waals surface area contributed by atoms with E-state index in [1.165, 1.54) is 5.56 Å². The number of carbonyl (C=O) groups excluding carboxylic acids is 2. The zero-order valence-corrected chi connectivity index (χ0v) is 19.4. The number of benzene rings is 3. The van der Waals surface area contributed by atoms with Crippen LogP contribution in [0.25, 0.3) is 0 Å². The highest BCUT2D eigenvalue weighted by atomic mass is 16.5. The number of nitrogens with one attached hydrogen (secondary N) is 2. The van der Waals surface area contributed by atoms with Crippen molar-refractivity contribution >= 4 is 23.2 Å². The van der Waals surface area contributed by atoms with Crippen molar-refractivity contribution in [3.05, 3.63) is 83.9 Å². The molecule has 3 aromatic carbocycles. The maximum atomic E-state index is 12.8. The van der Waals surface area contributed by atoms with Crippen LogP contribution in [0.2, 0.25) is 0 Å². The van der Waals surface area contributed by atoms with Crippen molar-refractivity contribution in [2.75, 3.05) is 17.2 Å². The molecule has 0 spiro atoms. The summed E-state index contributed by atoms with van der Waals surface area (Å²) < 4.78 is 11.2. The molecule has 1 unspecified atom stereocenters. The van der Waals surface area contributed by atoms with Gasteiger partial charge in [0.25, 0.3) is 11.8 Å². The molecule has 3 rings (SSSR count). The summed E-state index contributed by atoms with van der Waals surface area (Å²) in [5.74, 6) is 1.10. The van der Waals surface area contributed by atoms with E-state index < -0.39 is 6.10 Å². The van der Waals surface area contributed by atoms with Crippen molar-refractivity contribution < 1.29 is 19.1 Å². The molecule has 0 saturated carbocycles. The van der Waals surface area contributed by atoms with Crippen LogP contribution in [0.15, 0.2) is 72.8 Å². The normalized spacial score (nSPS) is 11.5. The van der Waals surface area contributed by atoms with Crippen molar-refractivity contribution in [3.8, 4) is 11.5 Å². The van der Waals surface area contributed by atoms with Gasteiger partial charge in [0.15, 0.2) is 6.10 Å². The molecule has 0 aliphatic rings. The summed E-state index contributed by atoms with van der Waals surface area (Å²) in [6.07, 6.45) is -0.739. The van der Waals surface area contributed by atoms with E-state index in [1.807, 2.05) is 31.2 Å². The van der Waals surface area contributed by atoms with Gasteiger partial charge in [0, 0.05) is 5.69 Å². The van der Waals surface area contributed by atoms with Gasteiger partial charge in [-0.25, -0.2) is 0 Å². The van der Waals surface area contributed by atoms with Gasteiger partial charge in [0.05, 0.1) is 17.9 Å². The van der Waals surface area contributed by atoms with E-state index >= 15 is 0 Å². The van der Waals surface area contributed by atoms with Crippen LogP contribution in [0.3, 0.4) is 0 Å². The van der Waals surface area contributed by atoms with Crippen LogP contribution in [0.1, 0.15) is 49.5 Å². The molecule has 2 N–H and O–H groups in total. The van der Waals surface area contributed by atoms with Crippen molar-refractivity contribution in [2.24, 2.45) is 0 Å². The summed E-state index contributed by atoms with van der Waals surface area (Å²) >= 11 is 0. The third-order valence-electron chi connectivity index (χ3n) is 5.08. The third kappa shape index (κ3) is 6.59. The summed E-state index contributed by atoms with van der Waals surface area (Å²) in [5, 5.41) is 5.66. The zero-order chi connectivity index (χ0) is 23.8. The fraction of sp³-hybridized carbons (Fsp3) is 0.259. The molecule has 33 heavy (non-hydrogen) atoms. The first-order valence-corrected chi connectivity index (χ1v) is 11.1. The molecular weight excluding hydrogens is 416 g/mol. The summed E-state index contributed by atoms with van der Waals surface area (Å²) in [7, 11) is 0. The minimum absolute atomic E-state index is 0.326. The number of amides is 2. The van der Waals surface area contributed by atoms with Crippen molar-refractivity contribution in [3.63, 3.8) is 0 Å². The van der Waals surface area contributed by atoms with Crippen molar-refractivity contribution in [1.82, 2.24) is 0 Å². The van der Waals surface area contributed by atoms with E-state index in [-0.39, 0.29) is 11.8 Å². The summed E-state index contributed by atoms with van der Waals surface area (Å²) in [6.45, 7) is 8.40. The largest absolute Gasteiger partial charge is 0.494 e. The molecule has 6 nitrogen and oxygen atoms in total. The average Bonchev–Trinajstić information content (AvgIpc) is 2.81. The number of para-hydroxylation sites is 1. The van der Waals surface area contributed by atoms with Gasteiger partial charge in [0.1, 0.15) is 11.5 Å². The minimum atomic E-state index is -0.739. The van der Waals surface area contributed by atoms with Gasteiger partial charge >= 0.3 is 0 Å². The molecule has 3 aromatic rings. The molecule has 0 aromatic heterocycles. The Hall–Kier alpha value is -3.80. The quantitative estimate of drug-likeness (QED) is 0.431. The lowest BCUT2D eigenvalue weighted by Crippen LogP contribution is -2.31. The highest BCUT2D eigenvalue weighted by Gasteiger charge is 2.19. The first-order chi connectivity index (χ1) is 15.9. The molecule has 0 bridgehead atoms. The first-order valence-electron chi connectivity index (χ1n) is 11.1. The molecule has 1 atom stereocenters. The molecule has 0 saturated heterocycles. The third-order valence-corrected chi connectivity index (χ3v) is 5.08. The van der Waals surface area contributed by atoms with Gasteiger partial charge in [-0.3, -0.25) is 9.59 Å². The second-order valence-electron chi connectivity index (χ2n) is 7.93. The van der Waals surface area contributed by atoms with Crippen LogP contribution < -0.4 is 20.1 Å². The Morgan fingerprint density at radius 3 is 2.09 bits per heavy atom. The van der Waals surface area contributed by atoms with Crippen LogP contribution in [0, 0.1) is 0 Å². The van der Waals surface area contributed by atoms with E-state index in [2.05, 4.69) is 24.5 Å². The Balaban J connectivity index is 1.65. The van der Waals surface area contributed by atoms with Gasteiger partial charge in [-0.1, -0.05) is 38.1 Å². The predicted molar refractivity (Wildman–Crippen MR) is 131 cm³/mol. The molecular formula is C27H30N2O4. The number of carbonyl (C=O) groups is 2. The second kappa shape index (κ2) is 11.2. The predicted octanol–water partition coefficient (Wildman–Crippen LogP) is 5.87. The highest BCUT2D eigenvalue weighted by molar-refractivity contribution is 6.10. The monoisotopic (exact) mass is 446 g/mol. The SMILES string of the molecule is CCOc1ccc(NC(=O)c2ccccc2NC(=O)C(C)Oc2ccc(C(C)C)cc2)cc1. The Morgan fingerprint density at radius 2 is 1.45 bits per heavy atom. The lowest BCUT2D eigenvalue weighted by molar-refractivity contribution is -0.122. The van der Waals surface area contributed by atoms with Crippen LogP contribution in [0.4, 0.5) is 11.4 Å². The maximum Gasteiger partial charge on any atom is 0.265 e. The number of rotatable bonds is 9. The maximum absolute atomic E-state index is 12.8. The number of anilines is 2. The van der Waals surface area contributed by atoms with E-state index in [9.17, 15) is 9.59 Å². The standard InChI is InChI=1S/C27H30N2O4/c1-5-32-22-16-12-21(13-17-22)28-27(31)24-8-6-7-9-25(24)29-26(30)19(4)33-23-14-10-20(11-15-23)18(2)3/h6-19H,5H2,1-4H3,(H,28,31)(H,29,30). The van der Waals surface area contributed by atoms with Crippen LogP contribution >= 0.6 is 0 Å². The number of hydrogen-bond donors (Lipinski definition) is 2. The molecule has 0 radical (unpaired) electrons. The molecule has 0 aliphatic carbocycles. The van der Waals surface area contributed by atoms with E-state index in [0.29, 0.717) is 35.2 Å². The van der Waals surface area contributed by atoms with Gasteiger partial charge in [-0.2, -0.15) is 0 Å². The molecule has 0 aliphatic heterocycles. The molecule has 2 amide bonds. The molecule has 6 heteroatoms. The second-order valence-corrected chi connectivity index (χ2v) is 7.93. The molecule has 0 fully saturated rings. The van der Waals surface area contributed by atoms with Crippen LogP contribution in [0.5, 0.6) is 11.5 Å². The summed E-state index contributed by atoms with van der Waals surface area (Å²) in [5.41, 5.74) is 2.60. The number of ether oxygens (including phenoxy) is 2. The smallest absolute Gasteiger partial charge is 0.265 e. The highest BCUT2D eigenvalue weighted by Crippen LogP contribution is 2.22.